The van der Waals surface area contributed by atoms with E-state index in [2.05, 4.69) is 31.2 Å². The summed E-state index contributed by atoms with van der Waals surface area (Å²) in [6.45, 7) is 4.46. The van der Waals surface area contributed by atoms with Crippen molar-refractivity contribution in [3.05, 3.63) is 76.8 Å². The molecule has 2 saturated heterocycles. The summed E-state index contributed by atoms with van der Waals surface area (Å²) in [5, 5.41) is 13.2. The zero-order valence-electron chi connectivity index (χ0n) is 28.9. The molecule has 0 bridgehead atoms. The van der Waals surface area contributed by atoms with Crippen LogP contribution in [0.4, 0.5) is 15.9 Å². The quantitative estimate of drug-likeness (QED) is 0.145. The molecule has 0 saturated carbocycles. The van der Waals surface area contributed by atoms with Crippen LogP contribution in [0.15, 0.2) is 54.9 Å². The van der Waals surface area contributed by atoms with Crippen LogP contribution in [0.2, 0.25) is 5.02 Å². The average molecular weight is 717 g/mol. The highest BCUT2D eigenvalue weighted by Gasteiger charge is 2.23. The summed E-state index contributed by atoms with van der Waals surface area (Å²) in [7, 11) is 3.10. The molecule has 2 aliphatic rings. The predicted molar refractivity (Wildman–Crippen MR) is 193 cm³/mol. The van der Waals surface area contributed by atoms with Gasteiger partial charge >= 0.3 is 0 Å². The smallest absolute Gasteiger partial charge is 0.220 e. The van der Waals surface area contributed by atoms with Gasteiger partial charge in [-0.3, -0.25) is 14.6 Å². The fourth-order valence-corrected chi connectivity index (χ4v) is 6.81. The van der Waals surface area contributed by atoms with Gasteiger partial charge in [-0.15, -0.1) is 0 Å². The Bertz CT molecular complexity index is 1890. The number of carbonyl (C=O) groups excluding carboxylic acids is 2. The number of methoxy groups -OCH3 is 2. The van der Waals surface area contributed by atoms with Gasteiger partial charge in [-0.1, -0.05) is 23.7 Å². The lowest BCUT2D eigenvalue weighted by Crippen LogP contribution is -2.44. The zero-order chi connectivity index (χ0) is 35.9. The molecule has 0 aliphatic carbocycles. The van der Waals surface area contributed by atoms with Crippen LogP contribution in [-0.4, -0.2) is 77.6 Å². The second-order valence-corrected chi connectivity index (χ2v) is 13.0. The molecule has 2 amide bonds. The van der Waals surface area contributed by atoms with Crippen molar-refractivity contribution in [3.63, 3.8) is 0 Å². The molecule has 1 unspecified atom stereocenters. The van der Waals surface area contributed by atoms with Crippen molar-refractivity contribution in [2.45, 2.75) is 57.8 Å². The van der Waals surface area contributed by atoms with Crippen LogP contribution >= 0.6 is 11.6 Å². The van der Waals surface area contributed by atoms with E-state index < -0.39 is 5.82 Å². The first-order chi connectivity index (χ1) is 24.7. The molecule has 0 radical (unpaired) electrons. The molecular formula is C37H42ClFN8O4. The number of piperidine rings is 1. The monoisotopic (exact) mass is 716 g/mol. The first-order valence-corrected chi connectivity index (χ1v) is 17.4. The number of likely N-dealkylation sites (tertiary alicyclic amines) is 1. The van der Waals surface area contributed by atoms with Gasteiger partial charge < -0.3 is 35.6 Å². The maximum Gasteiger partial charge on any atom is 0.220 e. The van der Waals surface area contributed by atoms with E-state index in [0.29, 0.717) is 89.6 Å². The van der Waals surface area contributed by atoms with Crippen LogP contribution in [0.3, 0.4) is 0 Å². The molecule has 2 aliphatic heterocycles. The van der Waals surface area contributed by atoms with Crippen LogP contribution in [0.5, 0.6) is 11.6 Å². The summed E-state index contributed by atoms with van der Waals surface area (Å²) in [5.41, 5.74) is 4.13. The fraction of sp³-hybridized carbons (Fsp3) is 0.378. The lowest BCUT2D eigenvalue weighted by atomic mass is 10.0. The number of amides is 2. The van der Waals surface area contributed by atoms with Crippen LogP contribution in [0.1, 0.15) is 43.7 Å². The summed E-state index contributed by atoms with van der Waals surface area (Å²) >= 11 is 7.03. The number of ether oxygens (including phenoxy) is 2. The minimum absolute atomic E-state index is 0.0582. The van der Waals surface area contributed by atoms with Crippen LogP contribution in [0, 0.1) is 5.82 Å². The molecule has 12 nitrogen and oxygen atoms in total. The van der Waals surface area contributed by atoms with Crippen molar-refractivity contribution in [2.75, 3.05) is 39.2 Å². The second kappa shape index (κ2) is 16.4. The molecule has 6 rings (SSSR count). The van der Waals surface area contributed by atoms with Gasteiger partial charge in [-0.05, 0) is 49.6 Å². The number of halogens is 2. The molecule has 5 heterocycles. The minimum atomic E-state index is -0.472. The van der Waals surface area contributed by atoms with E-state index in [1.165, 1.54) is 7.11 Å². The third-order valence-electron chi connectivity index (χ3n) is 9.31. The second-order valence-electron chi connectivity index (χ2n) is 12.6. The van der Waals surface area contributed by atoms with Gasteiger partial charge in [0.25, 0.3) is 0 Å². The first kappa shape index (κ1) is 36.0. The van der Waals surface area contributed by atoms with Crippen molar-refractivity contribution in [2.24, 2.45) is 0 Å². The number of carbonyl (C=O) groups is 2. The molecule has 1 atom stereocenters. The number of rotatable bonds is 13. The van der Waals surface area contributed by atoms with Crippen molar-refractivity contribution >= 4 is 34.9 Å². The number of aromatic nitrogens is 3. The van der Waals surface area contributed by atoms with Gasteiger partial charge in [0.15, 0.2) is 17.4 Å². The summed E-state index contributed by atoms with van der Waals surface area (Å²) in [5.74, 6) is 0.620. The van der Waals surface area contributed by atoms with E-state index in [9.17, 15) is 9.59 Å². The van der Waals surface area contributed by atoms with Gasteiger partial charge in [-0.2, -0.15) is 0 Å². The summed E-state index contributed by atoms with van der Waals surface area (Å²) in [6.07, 6.45) is 6.22. The lowest BCUT2D eigenvalue weighted by Gasteiger charge is -2.31. The van der Waals surface area contributed by atoms with Crippen molar-refractivity contribution in [1.29, 1.82) is 0 Å². The van der Waals surface area contributed by atoms with Gasteiger partial charge in [0.05, 0.1) is 36.3 Å². The average Bonchev–Trinajstić information content (AvgIpc) is 3.56. The third kappa shape index (κ3) is 8.38. The van der Waals surface area contributed by atoms with E-state index in [1.54, 1.807) is 44.6 Å². The number of hydrogen-bond acceptors (Lipinski definition) is 10. The van der Waals surface area contributed by atoms with Crippen LogP contribution in [-0.2, 0) is 22.7 Å². The molecule has 268 valence electrons. The number of nitrogens with zero attached hydrogens (tertiary/aromatic N) is 4. The number of nitrogens with one attached hydrogen (secondary N) is 4. The Morgan fingerprint density at radius 2 is 1.80 bits per heavy atom. The third-order valence-corrected chi connectivity index (χ3v) is 9.69. The van der Waals surface area contributed by atoms with E-state index in [1.807, 2.05) is 29.2 Å². The number of anilines is 2. The van der Waals surface area contributed by atoms with Gasteiger partial charge in [0.2, 0.25) is 17.7 Å². The van der Waals surface area contributed by atoms with E-state index in [4.69, 9.17) is 26.1 Å². The van der Waals surface area contributed by atoms with Crippen molar-refractivity contribution in [1.82, 2.24) is 35.8 Å². The van der Waals surface area contributed by atoms with Crippen molar-refractivity contribution in [3.8, 4) is 34.1 Å². The Kier molecular flexibility index (Phi) is 11.6. The topological polar surface area (TPSA) is 143 Å². The summed E-state index contributed by atoms with van der Waals surface area (Å²) in [4.78, 5) is 38.6. The Morgan fingerprint density at radius 1 is 1.00 bits per heavy atom. The lowest BCUT2D eigenvalue weighted by molar-refractivity contribution is -0.130. The highest BCUT2D eigenvalue weighted by atomic mass is 35.5. The van der Waals surface area contributed by atoms with E-state index in [0.717, 1.165) is 24.8 Å². The maximum atomic E-state index is 15.8. The molecule has 1 aromatic carbocycles. The van der Waals surface area contributed by atoms with Gasteiger partial charge in [0.1, 0.15) is 0 Å². The summed E-state index contributed by atoms with van der Waals surface area (Å²) in [6, 6.07) is 13.0. The van der Waals surface area contributed by atoms with Crippen molar-refractivity contribution < 1.29 is 23.5 Å². The van der Waals surface area contributed by atoms with Gasteiger partial charge in [-0.25, -0.2) is 14.4 Å². The Labute approximate surface area is 301 Å². The van der Waals surface area contributed by atoms with E-state index >= 15 is 4.39 Å². The molecular weight excluding hydrogens is 675 g/mol. The molecule has 2 fully saturated rings. The minimum Gasteiger partial charge on any atom is -0.494 e. The molecule has 3 aromatic heterocycles. The van der Waals surface area contributed by atoms with E-state index in [-0.39, 0.29) is 29.7 Å². The fourth-order valence-electron chi connectivity index (χ4n) is 6.50. The standard InChI is InChI=1S/C37H42ClFN8O4/c1-22(48)47-17-13-25(14-18-47)43-20-23-11-15-42-36(33(23)39)45-30-6-4-5-28(35(30)50-2)34-32(38)27(12-16-41-34)29-9-7-24(37(46-29)51-3)19-40-21-26-8-10-31(49)44-26/h4-7,9,11-12,15-16,25-26,40,43H,8,10,13-14,17-21H2,1-3H3,(H,42,45)(H,44,49). The molecule has 14 heteroatoms. The zero-order valence-corrected chi connectivity index (χ0v) is 29.6. The van der Waals surface area contributed by atoms with Crippen LogP contribution in [0.25, 0.3) is 22.5 Å². The Balaban J connectivity index is 1.18. The maximum absolute atomic E-state index is 15.8. The largest absolute Gasteiger partial charge is 0.494 e. The number of para-hydroxylation sites is 1. The SMILES string of the molecule is COc1nc(-c2ccnc(-c3cccc(Nc4nccc(CNC5CCN(C(C)=O)CC5)c4F)c3OC)c2Cl)ccc1CNCC1CCC(=O)N1. The van der Waals surface area contributed by atoms with Crippen LogP contribution < -0.4 is 30.7 Å². The first-order valence-electron chi connectivity index (χ1n) is 17.0. The Hall–Kier alpha value is -4.85. The number of pyridine rings is 3. The highest BCUT2D eigenvalue weighted by Crippen LogP contribution is 2.42. The summed E-state index contributed by atoms with van der Waals surface area (Å²) < 4.78 is 27.2. The number of benzene rings is 1. The normalized spacial score (nSPS) is 16.2. The number of hydrogen-bond donors (Lipinski definition) is 4. The Morgan fingerprint density at radius 3 is 2.53 bits per heavy atom. The molecule has 4 N–H and O–H groups in total. The highest BCUT2D eigenvalue weighted by molar-refractivity contribution is 6.35. The molecule has 0 spiro atoms. The predicted octanol–water partition coefficient (Wildman–Crippen LogP) is 5.23. The molecule has 51 heavy (non-hydrogen) atoms. The molecule has 4 aromatic rings. The van der Waals surface area contributed by atoms with Gasteiger partial charge in [0, 0.05) is 92.8 Å².